The Hall–Kier alpha value is -2.09. The number of nitrogens with zero attached hydrogens (tertiary/aromatic N) is 2. The fourth-order valence-corrected chi connectivity index (χ4v) is 5.12. The zero-order valence-electron chi connectivity index (χ0n) is 16.3. The van der Waals surface area contributed by atoms with Crippen molar-refractivity contribution in [1.29, 1.82) is 0 Å². The first-order valence-electron chi connectivity index (χ1n) is 9.52. The first-order valence-corrected chi connectivity index (χ1v) is 11.4. The van der Waals surface area contributed by atoms with Gasteiger partial charge in [0.2, 0.25) is 10.0 Å². The summed E-state index contributed by atoms with van der Waals surface area (Å²) in [5.41, 5.74) is 5.15. The number of hydrogen-bond acceptors (Lipinski definition) is 5. The maximum atomic E-state index is 11.9. The molecule has 2 heterocycles. The number of anilines is 1. The second kappa shape index (κ2) is 7.39. The predicted molar refractivity (Wildman–Crippen MR) is 109 cm³/mol. The number of rotatable bonds is 5. The molecule has 2 aromatic carbocycles. The molecule has 1 unspecified atom stereocenters. The molecule has 0 radical (unpaired) electrons. The van der Waals surface area contributed by atoms with Crippen LogP contribution in [0.2, 0.25) is 0 Å². The van der Waals surface area contributed by atoms with Crippen LogP contribution in [0, 0.1) is 0 Å². The van der Waals surface area contributed by atoms with Crippen molar-refractivity contribution in [2.24, 2.45) is 0 Å². The number of sulfonamides is 1. The molecule has 0 spiro atoms. The van der Waals surface area contributed by atoms with Crippen LogP contribution in [0.3, 0.4) is 0 Å². The Balaban J connectivity index is 1.45. The molecule has 1 atom stereocenters. The minimum Gasteiger partial charge on any atom is -0.497 e. The zero-order chi connectivity index (χ0) is 19.9. The third-order valence-corrected chi connectivity index (χ3v) is 6.86. The Morgan fingerprint density at radius 2 is 1.86 bits per heavy atom. The Morgan fingerprint density at radius 1 is 1.07 bits per heavy atom. The number of aliphatic hydroxyl groups excluding tert-OH is 1. The van der Waals surface area contributed by atoms with Crippen LogP contribution in [-0.2, 0) is 29.4 Å². The summed E-state index contributed by atoms with van der Waals surface area (Å²) in [4.78, 5) is 2.26. The van der Waals surface area contributed by atoms with E-state index in [4.69, 9.17) is 4.74 Å². The molecule has 0 aromatic heterocycles. The monoisotopic (exact) mass is 402 g/mol. The first-order chi connectivity index (χ1) is 13.3. The predicted octanol–water partition coefficient (Wildman–Crippen LogP) is 2.11. The molecule has 28 heavy (non-hydrogen) atoms. The molecule has 0 fully saturated rings. The summed E-state index contributed by atoms with van der Waals surface area (Å²) in [6.45, 7) is 2.73. The van der Waals surface area contributed by atoms with Gasteiger partial charge >= 0.3 is 0 Å². The van der Waals surface area contributed by atoms with E-state index < -0.39 is 16.1 Å². The number of benzene rings is 2. The smallest absolute Gasteiger partial charge is 0.232 e. The standard InChI is InChI=1S/C21H26N2O4S/c1-27-19-5-3-18-13-22(9-7-15(18)12-19)14-21(24)17-4-6-20-16(11-17)8-10-23(20)28(2,25)26/h3-6,11-12,21,24H,7-10,13-14H2,1-2H3. The second-order valence-corrected chi connectivity index (χ2v) is 9.52. The van der Waals surface area contributed by atoms with Crippen LogP contribution >= 0.6 is 0 Å². The highest BCUT2D eigenvalue weighted by molar-refractivity contribution is 7.92. The minimum atomic E-state index is -3.25. The molecule has 0 amide bonds. The Morgan fingerprint density at radius 3 is 2.61 bits per heavy atom. The summed E-state index contributed by atoms with van der Waals surface area (Å²) in [5, 5.41) is 10.8. The number of β-amino-alcohol motifs (C(OH)–C–C–N with tert-alkyl or cyclic N) is 1. The van der Waals surface area contributed by atoms with Gasteiger partial charge in [0.05, 0.1) is 25.2 Å². The molecule has 0 saturated heterocycles. The van der Waals surface area contributed by atoms with Crippen LogP contribution in [-0.4, -0.2) is 51.4 Å². The van der Waals surface area contributed by atoms with Gasteiger partial charge in [0.25, 0.3) is 0 Å². The van der Waals surface area contributed by atoms with Gasteiger partial charge in [0, 0.05) is 26.2 Å². The van der Waals surface area contributed by atoms with Crippen LogP contribution in [0.4, 0.5) is 5.69 Å². The van der Waals surface area contributed by atoms with E-state index in [0.717, 1.165) is 42.1 Å². The molecular weight excluding hydrogens is 376 g/mol. The summed E-state index contributed by atoms with van der Waals surface area (Å²) < 4.78 is 30.5. The lowest BCUT2D eigenvalue weighted by Gasteiger charge is -2.30. The SMILES string of the molecule is COc1ccc2c(c1)CCN(CC(O)c1ccc3c(c1)CCN3S(C)(=O)=O)C2. The van der Waals surface area contributed by atoms with E-state index in [1.54, 1.807) is 7.11 Å². The van der Waals surface area contributed by atoms with Crippen molar-refractivity contribution in [3.05, 3.63) is 58.7 Å². The van der Waals surface area contributed by atoms with Crippen molar-refractivity contribution >= 4 is 15.7 Å². The van der Waals surface area contributed by atoms with E-state index >= 15 is 0 Å². The second-order valence-electron chi connectivity index (χ2n) is 7.61. The molecule has 4 rings (SSSR count). The van der Waals surface area contributed by atoms with Gasteiger partial charge < -0.3 is 9.84 Å². The fourth-order valence-electron chi connectivity index (χ4n) is 4.16. The van der Waals surface area contributed by atoms with E-state index in [-0.39, 0.29) is 0 Å². The highest BCUT2D eigenvalue weighted by Gasteiger charge is 2.27. The summed E-state index contributed by atoms with van der Waals surface area (Å²) in [5.74, 6) is 0.883. The van der Waals surface area contributed by atoms with Crippen LogP contribution < -0.4 is 9.04 Å². The number of aliphatic hydroxyl groups is 1. The van der Waals surface area contributed by atoms with Crippen molar-refractivity contribution in [1.82, 2.24) is 4.90 Å². The average Bonchev–Trinajstić information content (AvgIpc) is 3.11. The minimum absolute atomic E-state index is 0.472. The van der Waals surface area contributed by atoms with Gasteiger partial charge in [-0.25, -0.2) is 8.42 Å². The number of fused-ring (bicyclic) bond motifs is 2. The van der Waals surface area contributed by atoms with Crippen LogP contribution in [0.25, 0.3) is 0 Å². The lowest BCUT2D eigenvalue weighted by atomic mass is 9.98. The van der Waals surface area contributed by atoms with E-state index in [9.17, 15) is 13.5 Å². The van der Waals surface area contributed by atoms with Crippen molar-refractivity contribution < 1.29 is 18.3 Å². The molecule has 150 valence electrons. The van der Waals surface area contributed by atoms with Gasteiger partial charge in [-0.05, 0) is 53.3 Å². The summed E-state index contributed by atoms with van der Waals surface area (Å²) >= 11 is 0. The molecule has 7 heteroatoms. The van der Waals surface area contributed by atoms with E-state index in [2.05, 4.69) is 17.0 Å². The van der Waals surface area contributed by atoms with Crippen LogP contribution in [0.1, 0.15) is 28.4 Å². The van der Waals surface area contributed by atoms with Gasteiger partial charge in [0.1, 0.15) is 5.75 Å². The van der Waals surface area contributed by atoms with Crippen molar-refractivity contribution in [3.8, 4) is 5.75 Å². The van der Waals surface area contributed by atoms with Crippen LogP contribution in [0.5, 0.6) is 5.75 Å². The van der Waals surface area contributed by atoms with Crippen LogP contribution in [0.15, 0.2) is 36.4 Å². The van der Waals surface area contributed by atoms with Crippen molar-refractivity contribution in [2.45, 2.75) is 25.5 Å². The Kier molecular flexibility index (Phi) is 5.07. The summed E-state index contributed by atoms with van der Waals surface area (Å²) in [6.07, 6.45) is 2.25. The number of ether oxygens (including phenoxy) is 1. The molecule has 0 aliphatic carbocycles. The van der Waals surface area contributed by atoms with Crippen molar-refractivity contribution in [3.63, 3.8) is 0 Å². The third-order valence-electron chi connectivity index (χ3n) is 5.68. The van der Waals surface area contributed by atoms with Gasteiger partial charge in [0.15, 0.2) is 0 Å². The first kappa shape index (κ1) is 19.2. The number of hydrogen-bond donors (Lipinski definition) is 1. The molecule has 0 saturated carbocycles. The highest BCUT2D eigenvalue weighted by atomic mass is 32.2. The van der Waals surface area contributed by atoms with Gasteiger partial charge in [-0.3, -0.25) is 9.21 Å². The molecule has 2 aliphatic heterocycles. The highest BCUT2D eigenvalue weighted by Crippen LogP contribution is 2.33. The van der Waals surface area contributed by atoms with Crippen molar-refractivity contribution in [2.75, 3.05) is 37.3 Å². The van der Waals surface area contributed by atoms with Gasteiger partial charge in [-0.1, -0.05) is 18.2 Å². The van der Waals surface area contributed by atoms with E-state index in [1.807, 2.05) is 24.3 Å². The quantitative estimate of drug-likeness (QED) is 0.830. The lowest BCUT2D eigenvalue weighted by molar-refractivity contribution is 0.106. The topological polar surface area (TPSA) is 70.1 Å². The maximum absolute atomic E-state index is 11.9. The summed E-state index contributed by atoms with van der Waals surface area (Å²) in [7, 11) is -1.57. The molecular formula is C21H26N2O4S. The molecule has 2 aromatic rings. The molecule has 1 N–H and O–H groups in total. The lowest BCUT2D eigenvalue weighted by Crippen LogP contribution is -2.34. The Bertz CT molecular complexity index is 990. The van der Waals surface area contributed by atoms with Gasteiger partial charge in [-0.2, -0.15) is 0 Å². The molecule has 2 aliphatic rings. The maximum Gasteiger partial charge on any atom is 0.232 e. The number of methoxy groups -OCH3 is 1. The largest absolute Gasteiger partial charge is 0.497 e. The third kappa shape index (κ3) is 3.74. The van der Waals surface area contributed by atoms with Gasteiger partial charge in [-0.15, -0.1) is 0 Å². The molecule has 6 nitrogen and oxygen atoms in total. The Labute approximate surface area is 166 Å². The molecule has 0 bridgehead atoms. The summed E-state index contributed by atoms with van der Waals surface area (Å²) in [6, 6.07) is 11.8. The fraction of sp³-hybridized carbons (Fsp3) is 0.429. The normalized spacial score (nSPS) is 17.9. The average molecular weight is 403 g/mol. The van der Waals surface area contributed by atoms with E-state index in [1.165, 1.54) is 21.7 Å². The van der Waals surface area contributed by atoms with E-state index in [0.29, 0.717) is 19.5 Å². The zero-order valence-corrected chi connectivity index (χ0v) is 17.1.